The number of alkyl halides is 2. The standard InChI is InChI=1S/C13H18F2N2O4S/c1-17-8-10(11(16-17)12(18)21-2)22(19,20)7-5-9-4-3-6-13(9,14)15/h8-9H,3-7H2,1-2H3. The maximum absolute atomic E-state index is 13.6. The molecule has 0 aromatic carbocycles. The first-order chi connectivity index (χ1) is 10.2. The topological polar surface area (TPSA) is 78.3 Å². The van der Waals surface area contributed by atoms with E-state index in [4.69, 9.17) is 0 Å². The number of esters is 1. The number of halogens is 2. The zero-order valence-corrected chi connectivity index (χ0v) is 13.2. The molecule has 1 aromatic rings. The second-order valence-corrected chi connectivity index (χ2v) is 7.54. The molecule has 1 fully saturated rings. The van der Waals surface area contributed by atoms with Crippen molar-refractivity contribution >= 4 is 15.8 Å². The Labute approximate surface area is 127 Å². The minimum absolute atomic E-state index is 0.134. The highest BCUT2D eigenvalue weighted by atomic mass is 32.2. The molecule has 22 heavy (non-hydrogen) atoms. The van der Waals surface area contributed by atoms with Gasteiger partial charge in [-0.15, -0.1) is 0 Å². The number of sulfone groups is 1. The van der Waals surface area contributed by atoms with Crippen molar-refractivity contribution in [2.75, 3.05) is 12.9 Å². The molecule has 2 rings (SSSR count). The van der Waals surface area contributed by atoms with Crippen LogP contribution < -0.4 is 0 Å². The Kier molecular flexibility index (Phi) is 4.55. The molecule has 6 nitrogen and oxygen atoms in total. The van der Waals surface area contributed by atoms with Gasteiger partial charge < -0.3 is 4.74 Å². The number of carbonyl (C=O) groups excluding carboxylic acids is 1. The van der Waals surface area contributed by atoms with Gasteiger partial charge in [-0.05, 0) is 19.3 Å². The first kappa shape index (κ1) is 16.9. The van der Waals surface area contributed by atoms with E-state index in [2.05, 4.69) is 9.84 Å². The van der Waals surface area contributed by atoms with Crippen molar-refractivity contribution in [1.82, 2.24) is 9.78 Å². The fourth-order valence-electron chi connectivity index (χ4n) is 2.69. The number of carbonyl (C=O) groups is 1. The molecule has 0 bridgehead atoms. The van der Waals surface area contributed by atoms with Crippen LogP contribution in [0.5, 0.6) is 0 Å². The molecule has 0 aliphatic heterocycles. The summed E-state index contributed by atoms with van der Waals surface area (Å²) in [6, 6.07) is 0. The van der Waals surface area contributed by atoms with Gasteiger partial charge in [0.25, 0.3) is 5.92 Å². The zero-order valence-electron chi connectivity index (χ0n) is 12.4. The molecule has 0 amide bonds. The summed E-state index contributed by atoms with van der Waals surface area (Å²) in [5.41, 5.74) is -0.316. The lowest BCUT2D eigenvalue weighted by Crippen LogP contribution is -2.24. The summed E-state index contributed by atoms with van der Waals surface area (Å²) in [6.07, 6.45) is 1.58. The van der Waals surface area contributed by atoms with Crippen LogP contribution in [-0.2, 0) is 21.6 Å². The third-order valence-electron chi connectivity index (χ3n) is 3.90. The molecule has 1 saturated carbocycles. The Morgan fingerprint density at radius 3 is 2.77 bits per heavy atom. The molecular formula is C13H18F2N2O4S. The summed E-state index contributed by atoms with van der Waals surface area (Å²) < 4.78 is 57.5. The van der Waals surface area contributed by atoms with Crippen LogP contribution in [0.3, 0.4) is 0 Å². The molecule has 0 spiro atoms. The number of ether oxygens (including phenoxy) is 1. The second kappa shape index (κ2) is 5.94. The largest absolute Gasteiger partial charge is 0.464 e. The van der Waals surface area contributed by atoms with E-state index in [1.165, 1.54) is 17.9 Å². The number of hydrogen-bond acceptors (Lipinski definition) is 5. The van der Waals surface area contributed by atoms with Crippen LogP contribution in [0.1, 0.15) is 36.2 Å². The van der Waals surface area contributed by atoms with Crippen LogP contribution in [-0.4, -0.2) is 43.0 Å². The van der Waals surface area contributed by atoms with E-state index in [0.29, 0.717) is 12.8 Å². The van der Waals surface area contributed by atoms with Crippen molar-refractivity contribution < 1.29 is 26.7 Å². The SMILES string of the molecule is COC(=O)c1nn(C)cc1S(=O)(=O)CCC1CCCC1(F)F. The van der Waals surface area contributed by atoms with Crippen LogP contribution in [0.15, 0.2) is 11.1 Å². The number of nitrogens with zero attached hydrogens (tertiary/aromatic N) is 2. The second-order valence-electron chi connectivity index (χ2n) is 5.46. The number of methoxy groups -OCH3 is 1. The lowest BCUT2D eigenvalue weighted by atomic mass is 10.0. The first-order valence-electron chi connectivity index (χ1n) is 6.90. The number of rotatable bonds is 5. The number of hydrogen-bond donors (Lipinski definition) is 0. The number of aryl methyl sites for hydroxylation is 1. The van der Waals surface area contributed by atoms with E-state index in [9.17, 15) is 22.0 Å². The average Bonchev–Trinajstić information content (AvgIpc) is 2.98. The molecule has 1 aliphatic carbocycles. The predicted octanol–water partition coefficient (Wildman–Crippen LogP) is 1.81. The van der Waals surface area contributed by atoms with E-state index < -0.39 is 33.4 Å². The average molecular weight is 336 g/mol. The third-order valence-corrected chi connectivity index (χ3v) is 5.65. The molecule has 9 heteroatoms. The van der Waals surface area contributed by atoms with Crippen LogP contribution in [0.4, 0.5) is 8.78 Å². The summed E-state index contributed by atoms with van der Waals surface area (Å²) in [4.78, 5) is 11.3. The Balaban J connectivity index is 2.19. The van der Waals surface area contributed by atoms with Gasteiger partial charge in [-0.25, -0.2) is 22.0 Å². The fourth-order valence-corrected chi connectivity index (χ4v) is 4.24. The van der Waals surface area contributed by atoms with E-state index in [1.54, 1.807) is 0 Å². The molecular weight excluding hydrogens is 318 g/mol. The lowest BCUT2D eigenvalue weighted by molar-refractivity contribution is -0.0374. The highest BCUT2D eigenvalue weighted by Gasteiger charge is 2.44. The third kappa shape index (κ3) is 3.29. The van der Waals surface area contributed by atoms with Gasteiger partial charge >= 0.3 is 5.97 Å². The molecule has 0 N–H and O–H groups in total. The Bertz CT molecular complexity index is 670. The van der Waals surface area contributed by atoms with Gasteiger partial charge in [0, 0.05) is 25.6 Å². The van der Waals surface area contributed by atoms with Crippen LogP contribution in [0, 0.1) is 5.92 Å². The summed E-state index contributed by atoms with van der Waals surface area (Å²) >= 11 is 0. The van der Waals surface area contributed by atoms with Crippen LogP contribution in [0.2, 0.25) is 0 Å². The molecule has 1 unspecified atom stereocenters. The number of aromatic nitrogens is 2. The predicted molar refractivity (Wildman–Crippen MR) is 73.5 cm³/mol. The van der Waals surface area contributed by atoms with E-state index in [1.807, 2.05) is 0 Å². The quantitative estimate of drug-likeness (QED) is 0.766. The molecule has 0 saturated heterocycles. The van der Waals surface area contributed by atoms with Crippen LogP contribution in [0.25, 0.3) is 0 Å². The van der Waals surface area contributed by atoms with Crippen molar-refractivity contribution in [1.29, 1.82) is 0 Å². The molecule has 1 atom stereocenters. The maximum atomic E-state index is 13.6. The monoisotopic (exact) mass is 336 g/mol. The Morgan fingerprint density at radius 2 is 2.23 bits per heavy atom. The van der Waals surface area contributed by atoms with Crippen molar-refractivity contribution in [3.63, 3.8) is 0 Å². The first-order valence-corrected chi connectivity index (χ1v) is 8.55. The van der Waals surface area contributed by atoms with Crippen molar-refractivity contribution in [3.8, 4) is 0 Å². The van der Waals surface area contributed by atoms with E-state index >= 15 is 0 Å². The molecule has 1 heterocycles. The lowest BCUT2D eigenvalue weighted by Gasteiger charge is -2.18. The minimum atomic E-state index is -3.88. The van der Waals surface area contributed by atoms with Gasteiger partial charge in [0.15, 0.2) is 15.5 Å². The van der Waals surface area contributed by atoms with Gasteiger partial charge in [-0.3, -0.25) is 4.68 Å². The van der Waals surface area contributed by atoms with Gasteiger partial charge in [-0.2, -0.15) is 5.10 Å². The van der Waals surface area contributed by atoms with Gasteiger partial charge in [-0.1, -0.05) is 0 Å². The molecule has 1 aliphatic rings. The normalized spacial score (nSPS) is 21.0. The molecule has 0 radical (unpaired) electrons. The summed E-state index contributed by atoms with van der Waals surface area (Å²) in [5, 5.41) is 3.77. The Morgan fingerprint density at radius 1 is 1.55 bits per heavy atom. The molecule has 124 valence electrons. The van der Waals surface area contributed by atoms with Gasteiger partial charge in [0.2, 0.25) is 0 Å². The highest BCUT2D eigenvalue weighted by molar-refractivity contribution is 7.91. The van der Waals surface area contributed by atoms with Gasteiger partial charge in [0.1, 0.15) is 4.90 Å². The maximum Gasteiger partial charge on any atom is 0.359 e. The van der Waals surface area contributed by atoms with Crippen LogP contribution >= 0.6 is 0 Å². The van der Waals surface area contributed by atoms with Crippen molar-refractivity contribution in [2.24, 2.45) is 13.0 Å². The fraction of sp³-hybridized carbons (Fsp3) is 0.692. The van der Waals surface area contributed by atoms with E-state index in [0.717, 1.165) is 7.11 Å². The highest BCUT2D eigenvalue weighted by Crippen LogP contribution is 2.42. The minimum Gasteiger partial charge on any atom is -0.464 e. The van der Waals surface area contributed by atoms with Crippen molar-refractivity contribution in [2.45, 2.75) is 36.5 Å². The smallest absolute Gasteiger partial charge is 0.359 e. The Hall–Kier alpha value is -1.51. The molecule has 1 aromatic heterocycles. The van der Waals surface area contributed by atoms with Gasteiger partial charge in [0.05, 0.1) is 12.9 Å². The summed E-state index contributed by atoms with van der Waals surface area (Å²) in [7, 11) is -1.29. The zero-order chi connectivity index (χ0) is 16.5. The summed E-state index contributed by atoms with van der Waals surface area (Å²) in [5.74, 6) is -5.05. The summed E-state index contributed by atoms with van der Waals surface area (Å²) in [6.45, 7) is 0. The van der Waals surface area contributed by atoms with E-state index in [-0.39, 0.29) is 23.4 Å². The van der Waals surface area contributed by atoms with Crippen molar-refractivity contribution in [3.05, 3.63) is 11.9 Å².